The SMILES string of the molecule is CCCn1nc(NC(=O)c2csc(CN(C)C)n2)cc1C. The molecule has 1 amide bonds. The highest BCUT2D eigenvalue weighted by Gasteiger charge is 2.13. The average molecular weight is 307 g/mol. The fourth-order valence-electron chi connectivity index (χ4n) is 1.95. The number of thiazole rings is 1. The summed E-state index contributed by atoms with van der Waals surface area (Å²) in [5, 5.41) is 9.89. The van der Waals surface area contributed by atoms with Crippen molar-refractivity contribution in [3.05, 3.63) is 27.8 Å². The third-order valence-corrected chi connectivity index (χ3v) is 3.73. The molecule has 2 aromatic heterocycles. The van der Waals surface area contributed by atoms with E-state index in [1.54, 1.807) is 5.38 Å². The maximum Gasteiger partial charge on any atom is 0.276 e. The molecule has 0 spiro atoms. The van der Waals surface area contributed by atoms with Crippen LogP contribution in [0.1, 0.15) is 34.5 Å². The van der Waals surface area contributed by atoms with Gasteiger partial charge in [-0.25, -0.2) is 4.98 Å². The predicted octanol–water partition coefficient (Wildman–Crippen LogP) is 2.37. The van der Waals surface area contributed by atoms with Crippen molar-refractivity contribution in [2.45, 2.75) is 33.4 Å². The molecule has 0 saturated carbocycles. The van der Waals surface area contributed by atoms with E-state index >= 15 is 0 Å². The Labute approximate surface area is 128 Å². The summed E-state index contributed by atoms with van der Waals surface area (Å²) in [4.78, 5) is 18.5. The third kappa shape index (κ3) is 4.12. The van der Waals surface area contributed by atoms with E-state index in [2.05, 4.69) is 22.3 Å². The van der Waals surface area contributed by atoms with Crippen molar-refractivity contribution in [2.75, 3.05) is 19.4 Å². The highest BCUT2D eigenvalue weighted by Crippen LogP contribution is 2.14. The Hall–Kier alpha value is -1.73. The highest BCUT2D eigenvalue weighted by atomic mass is 32.1. The number of aromatic nitrogens is 3. The molecule has 21 heavy (non-hydrogen) atoms. The highest BCUT2D eigenvalue weighted by molar-refractivity contribution is 7.09. The minimum Gasteiger partial charge on any atom is -0.304 e. The lowest BCUT2D eigenvalue weighted by molar-refractivity contribution is 0.102. The van der Waals surface area contributed by atoms with Crippen LogP contribution in [0.15, 0.2) is 11.4 Å². The first-order valence-electron chi connectivity index (χ1n) is 6.94. The van der Waals surface area contributed by atoms with Crippen molar-refractivity contribution in [3.63, 3.8) is 0 Å². The van der Waals surface area contributed by atoms with Gasteiger partial charge in [-0.3, -0.25) is 9.48 Å². The molecule has 0 aliphatic heterocycles. The van der Waals surface area contributed by atoms with E-state index in [-0.39, 0.29) is 5.91 Å². The van der Waals surface area contributed by atoms with Crippen LogP contribution in [0, 0.1) is 6.92 Å². The molecule has 0 aliphatic rings. The van der Waals surface area contributed by atoms with E-state index < -0.39 is 0 Å². The fraction of sp³-hybridized carbons (Fsp3) is 0.500. The van der Waals surface area contributed by atoms with Crippen LogP contribution in [0.5, 0.6) is 0 Å². The van der Waals surface area contributed by atoms with Gasteiger partial charge < -0.3 is 10.2 Å². The van der Waals surface area contributed by atoms with Gasteiger partial charge in [0.25, 0.3) is 5.91 Å². The third-order valence-electron chi connectivity index (χ3n) is 2.89. The number of hydrogen-bond donors (Lipinski definition) is 1. The molecule has 0 fully saturated rings. The summed E-state index contributed by atoms with van der Waals surface area (Å²) in [5.74, 6) is 0.366. The van der Waals surface area contributed by atoms with Crippen molar-refractivity contribution >= 4 is 23.1 Å². The maximum absolute atomic E-state index is 12.2. The Kier molecular flexibility index (Phi) is 5.08. The lowest BCUT2D eigenvalue weighted by Crippen LogP contribution is -2.14. The second kappa shape index (κ2) is 6.82. The van der Waals surface area contributed by atoms with Gasteiger partial charge in [0.1, 0.15) is 10.7 Å². The molecule has 0 aromatic carbocycles. The first kappa shape index (κ1) is 15.7. The van der Waals surface area contributed by atoms with Gasteiger partial charge in [0.2, 0.25) is 0 Å². The first-order valence-corrected chi connectivity index (χ1v) is 7.82. The first-order chi connectivity index (χ1) is 9.99. The van der Waals surface area contributed by atoms with Gasteiger partial charge in [0, 0.05) is 30.2 Å². The molecule has 1 N–H and O–H groups in total. The topological polar surface area (TPSA) is 63.1 Å². The second-order valence-corrected chi connectivity index (χ2v) is 6.16. The molecular formula is C14H21N5OS. The zero-order valence-electron chi connectivity index (χ0n) is 12.9. The molecule has 2 heterocycles. The van der Waals surface area contributed by atoms with Crippen LogP contribution < -0.4 is 5.32 Å². The summed E-state index contributed by atoms with van der Waals surface area (Å²) in [6.45, 7) is 5.67. The Morgan fingerprint density at radius 3 is 2.90 bits per heavy atom. The van der Waals surface area contributed by atoms with Gasteiger partial charge in [-0.2, -0.15) is 5.10 Å². The minimum atomic E-state index is -0.211. The van der Waals surface area contributed by atoms with E-state index in [1.165, 1.54) is 11.3 Å². The number of hydrogen-bond acceptors (Lipinski definition) is 5. The fourth-order valence-corrected chi connectivity index (χ4v) is 2.84. The predicted molar refractivity (Wildman–Crippen MR) is 84.7 cm³/mol. The zero-order valence-corrected chi connectivity index (χ0v) is 13.7. The van der Waals surface area contributed by atoms with E-state index in [4.69, 9.17) is 0 Å². The summed E-state index contributed by atoms with van der Waals surface area (Å²) in [6, 6.07) is 1.88. The lowest BCUT2D eigenvalue weighted by Gasteiger charge is -2.05. The number of nitrogens with zero attached hydrogens (tertiary/aromatic N) is 4. The monoisotopic (exact) mass is 307 g/mol. The lowest BCUT2D eigenvalue weighted by atomic mass is 10.4. The van der Waals surface area contributed by atoms with Crippen LogP contribution >= 0.6 is 11.3 Å². The molecule has 114 valence electrons. The molecule has 0 saturated heterocycles. The van der Waals surface area contributed by atoms with Gasteiger partial charge in [0.05, 0.1) is 0 Å². The standard InChI is InChI=1S/C14H21N5OS/c1-5-6-19-10(2)7-12(17-19)16-14(20)11-9-21-13(15-11)8-18(3)4/h7,9H,5-6,8H2,1-4H3,(H,16,17,20). The van der Waals surface area contributed by atoms with Crippen LogP contribution in [-0.4, -0.2) is 39.7 Å². The van der Waals surface area contributed by atoms with Gasteiger partial charge in [-0.1, -0.05) is 6.92 Å². The quantitative estimate of drug-likeness (QED) is 0.890. The van der Waals surface area contributed by atoms with Crippen LogP contribution in [0.2, 0.25) is 0 Å². The van der Waals surface area contributed by atoms with Crippen LogP contribution in [0.25, 0.3) is 0 Å². The Bertz CT molecular complexity index is 617. The number of carbonyl (C=O) groups excluding carboxylic acids is 1. The molecule has 2 rings (SSSR count). The van der Waals surface area contributed by atoms with Crippen molar-refractivity contribution in [1.82, 2.24) is 19.7 Å². The molecule has 0 bridgehead atoms. The van der Waals surface area contributed by atoms with Crippen LogP contribution in [0.4, 0.5) is 5.82 Å². The molecule has 2 aromatic rings. The maximum atomic E-state index is 12.2. The summed E-state index contributed by atoms with van der Waals surface area (Å²) in [6.07, 6.45) is 1.01. The van der Waals surface area contributed by atoms with Gasteiger partial charge in [-0.05, 0) is 27.4 Å². The van der Waals surface area contributed by atoms with Crippen molar-refractivity contribution in [3.8, 4) is 0 Å². The molecule has 0 radical (unpaired) electrons. The molecule has 0 unspecified atom stereocenters. The normalized spacial score (nSPS) is 11.1. The van der Waals surface area contributed by atoms with Gasteiger partial charge in [0.15, 0.2) is 5.82 Å². The van der Waals surface area contributed by atoms with Crippen LogP contribution in [-0.2, 0) is 13.1 Å². The number of aryl methyl sites for hydroxylation is 2. The van der Waals surface area contributed by atoms with E-state index in [0.29, 0.717) is 11.5 Å². The van der Waals surface area contributed by atoms with E-state index in [9.17, 15) is 4.79 Å². The van der Waals surface area contributed by atoms with E-state index in [1.807, 2.05) is 36.7 Å². The van der Waals surface area contributed by atoms with Crippen molar-refractivity contribution < 1.29 is 4.79 Å². The number of nitrogens with one attached hydrogen (secondary N) is 1. The molecule has 0 atom stereocenters. The largest absolute Gasteiger partial charge is 0.304 e. The van der Waals surface area contributed by atoms with E-state index in [0.717, 1.165) is 30.2 Å². The summed E-state index contributed by atoms with van der Waals surface area (Å²) in [5.41, 5.74) is 1.48. The Balaban J connectivity index is 2.04. The van der Waals surface area contributed by atoms with Gasteiger partial charge >= 0.3 is 0 Å². The molecule has 6 nitrogen and oxygen atoms in total. The second-order valence-electron chi connectivity index (χ2n) is 5.21. The number of carbonyl (C=O) groups is 1. The smallest absolute Gasteiger partial charge is 0.276 e. The molecule has 0 aliphatic carbocycles. The molecular weight excluding hydrogens is 286 g/mol. The summed E-state index contributed by atoms with van der Waals surface area (Å²) < 4.78 is 1.90. The van der Waals surface area contributed by atoms with Gasteiger partial charge in [-0.15, -0.1) is 11.3 Å². The van der Waals surface area contributed by atoms with Crippen molar-refractivity contribution in [2.24, 2.45) is 0 Å². The summed E-state index contributed by atoms with van der Waals surface area (Å²) in [7, 11) is 3.95. The zero-order chi connectivity index (χ0) is 15.4. The molecule has 7 heteroatoms. The number of rotatable bonds is 6. The van der Waals surface area contributed by atoms with Crippen molar-refractivity contribution in [1.29, 1.82) is 0 Å². The summed E-state index contributed by atoms with van der Waals surface area (Å²) >= 11 is 1.49. The van der Waals surface area contributed by atoms with Crippen LogP contribution in [0.3, 0.4) is 0 Å². The Morgan fingerprint density at radius 2 is 2.24 bits per heavy atom. The Morgan fingerprint density at radius 1 is 1.48 bits per heavy atom. The average Bonchev–Trinajstić information content (AvgIpc) is 2.97. The minimum absolute atomic E-state index is 0.211. The number of anilines is 1. The number of amides is 1.